The van der Waals surface area contributed by atoms with Gasteiger partial charge < -0.3 is 10.2 Å². The van der Waals surface area contributed by atoms with E-state index in [9.17, 15) is 9.90 Å². The molecule has 0 aromatic rings. The van der Waals surface area contributed by atoms with Gasteiger partial charge in [-0.05, 0) is 6.92 Å². The van der Waals surface area contributed by atoms with Gasteiger partial charge in [-0.15, -0.1) is 5.53 Å². The number of fused-ring (bicyclic) bond motifs is 1. The summed E-state index contributed by atoms with van der Waals surface area (Å²) in [6, 6.07) is 0. The number of hydrogen-bond acceptors (Lipinski definition) is 6. The maximum atomic E-state index is 10.8. The van der Waals surface area contributed by atoms with Crippen LogP contribution in [0.15, 0.2) is 28.1 Å². The Kier molecular flexibility index (Phi) is 2.54. The second kappa shape index (κ2) is 3.74. The van der Waals surface area contributed by atoms with Gasteiger partial charge in [-0.25, -0.2) is 14.8 Å². The molecule has 1 radical (unpaired) electrons. The zero-order chi connectivity index (χ0) is 11.9. The van der Waals surface area contributed by atoms with Crippen molar-refractivity contribution in [1.29, 1.82) is 0 Å². The van der Waals surface area contributed by atoms with Crippen LogP contribution in [0, 0.1) is 0 Å². The number of rotatable bonds is 2. The average molecular weight is 241 g/mol. The zero-order valence-corrected chi connectivity index (χ0v) is 9.10. The van der Waals surface area contributed by atoms with Gasteiger partial charge in [-0.1, -0.05) is 12.6 Å². The van der Waals surface area contributed by atoms with Crippen molar-refractivity contribution in [3.05, 3.63) is 23.1 Å². The van der Waals surface area contributed by atoms with Gasteiger partial charge in [0.05, 0.1) is 6.20 Å². The molecule has 1 atom stereocenters. The van der Waals surface area contributed by atoms with Crippen LogP contribution in [0.2, 0.25) is 0 Å². The molecule has 3 N–H and O–H groups in total. The molecule has 7 nitrogen and oxygen atoms in total. The number of aliphatic imine (C=N–C) groups is 1. The molecule has 2 aliphatic rings. The normalized spacial score (nSPS) is 21.0. The molecule has 8 heteroatoms. The van der Waals surface area contributed by atoms with Gasteiger partial charge in [0.25, 0.3) is 0 Å². The largest absolute Gasteiger partial charge is 0.477 e. The summed E-state index contributed by atoms with van der Waals surface area (Å²) in [6.07, 6.45) is 1.98. The minimum absolute atomic E-state index is 0.123. The fraction of sp³-hybridized carbons (Fsp3) is 0.250. The van der Waals surface area contributed by atoms with Crippen molar-refractivity contribution in [3.8, 4) is 0 Å². The Morgan fingerprint density at radius 2 is 2.38 bits per heavy atom. The van der Waals surface area contributed by atoms with Crippen molar-refractivity contribution in [2.45, 2.75) is 13.2 Å². The molecule has 0 aromatic heterocycles. The quantitative estimate of drug-likeness (QED) is 0.617. The minimum Gasteiger partial charge on any atom is -0.477 e. The van der Waals surface area contributed by atoms with Gasteiger partial charge in [0.1, 0.15) is 11.3 Å². The van der Waals surface area contributed by atoms with Gasteiger partial charge in [-0.3, -0.25) is 5.01 Å². The SMILES string of the molecule is C[C@H](O)N1C=C2N=C(C(=O)O)C=C([S])N2N1. The Bertz CT molecular complexity index is 429. The van der Waals surface area contributed by atoms with Gasteiger partial charge in [0.2, 0.25) is 0 Å². The van der Waals surface area contributed by atoms with Crippen molar-refractivity contribution in [2.75, 3.05) is 0 Å². The van der Waals surface area contributed by atoms with Crippen molar-refractivity contribution < 1.29 is 15.0 Å². The molecular weight excluding hydrogens is 232 g/mol. The monoisotopic (exact) mass is 241 g/mol. The highest BCUT2D eigenvalue weighted by Crippen LogP contribution is 2.25. The molecule has 0 bridgehead atoms. The summed E-state index contributed by atoms with van der Waals surface area (Å²) in [5.41, 5.74) is 2.63. The number of carbonyl (C=O) groups is 1. The number of carboxylic acid groups (broad SMARTS) is 1. The van der Waals surface area contributed by atoms with Gasteiger partial charge >= 0.3 is 5.97 Å². The van der Waals surface area contributed by atoms with E-state index in [-0.39, 0.29) is 10.7 Å². The number of aliphatic carboxylic acids is 1. The first-order chi connectivity index (χ1) is 7.49. The molecule has 16 heavy (non-hydrogen) atoms. The summed E-state index contributed by atoms with van der Waals surface area (Å²) >= 11 is 4.99. The van der Waals surface area contributed by atoms with E-state index >= 15 is 0 Å². The molecule has 0 spiro atoms. The highest BCUT2D eigenvalue weighted by molar-refractivity contribution is 7.84. The molecule has 2 rings (SSSR count). The lowest BCUT2D eigenvalue weighted by atomic mass is 10.3. The Balaban J connectivity index is 2.32. The molecule has 0 aliphatic carbocycles. The van der Waals surface area contributed by atoms with Gasteiger partial charge in [0, 0.05) is 6.08 Å². The van der Waals surface area contributed by atoms with E-state index in [0.29, 0.717) is 5.82 Å². The highest BCUT2D eigenvalue weighted by Gasteiger charge is 2.29. The first-order valence-electron chi connectivity index (χ1n) is 4.44. The maximum Gasteiger partial charge on any atom is 0.354 e. The van der Waals surface area contributed by atoms with E-state index in [1.54, 1.807) is 6.92 Å². The van der Waals surface area contributed by atoms with Crippen LogP contribution in [0.3, 0.4) is 0 Å². The molecule has 0 saturated carbocycles. The predicted octanol–water partition coefficient (Wildman–Crippen LogP) is -0.261. The zero-order valence-electron chi connectivity index (χ0n) is 8.28. The Labute approximate surface area is 96.7 Å². The van der Waals surface area contributed by atoms with Crippen molar-refractivity contribution in [3.63, 3.8) is 0 Å². The standard InChI is InChI=1S/C8H9N4O3S/c1-4(13)11-3-6-9-5(8(14)15)2-7(16)12(6)10-11/h2-4,10,13H,1H3,(H,14,15)/t4-/m0/s1. The predicted molar refractivity (Wildman–Crippen MR) is 57.3 cm³/mol. The fourth-order valence-electron chi connectivity index (χ4n) is 1.26. The summed E-state index contributed by atoms with van der Waals surface area (Å²) in [4.78, 5) is 14.6. The van der Waals surface area contributed by atoms with Crippen LogP contribution in [-0.4, -0.2) is 38.1 Å². The molecule has 0 unspecified atom stereocenters. The van der Waals surface area contributed by atoms with Crippen LogP contribution in [0.4, 0.5) is 0 Å². The number of nitrogens with one attached hydrogen (secondary N) is 1. The van der Waals surface area contributed by atoms with Crippen LogP contribution >= 0.6 is 12.6 Å². The second-order valence-electron chi connectivity index (χ2n) is 3.25. The Morgan fingerprint density at radius 1 is 1.69 bits per heavy atom. The summed E-state index contributed by atoms with van der Waals surface area (Å²) in [5.74, 6) is -0.802. The van der Waals surface area contributed by atoms with Crippen molar-refractivity contribution in [2.24, 2.45) is 4.99 Å². The number of aliphatic hydroxyl groups excluding tert-OH is 1. The number of nitrogens with zero attached hydrogens (tertiary/aromatic N) is 3. The van der Waals surface area contributed by atoms with E-state index in [4.69, 9.17) is 17.7 Å². The number of hydrazine groups is 2. The molecule has 2 aliphatic heterocycles. The van der Waals surface area contributed by atoms with Crippen LogP contribution in [0.1, 0.15) is 6.92 Å². The highest BCUT2D eigenvalue weighted by atomic mass is 32.1. The lowest BCUT2D eigenvalue weighted by Crippen LogP contribution is -2.44. The lowest BCUT2D eigenvalue weighted by Gasteiger charge is -2.25. The first-order valence-corrected chi connectivity index (χ1v) is 4.85. The van der Waals surface area contributed by atoms with E-state index in [1.807, 2.05) is 0 Å². The van der Waals surface area contributed by atoms with E-state index in [0.717, 1.165) is 0 Å². The molecule has 0 fully saturated rings. The maximum absolute atomic E-state index is 10.8. The van der Waals surface area contributed by atoms with Crippen LogP contribution in [-0.2, 0) is 4.79 Å². The molecule has 0 saturated heterocycles. The lowest BCUT2D eigenvalue weighted by molar-refractivity contribution is -0.129. The van der Waals surface area contributed by atoms with Gasteiger partial charge in [0.15, 0.2) is 11.5 Å². The summed E-state index contributed by atoms with van der Waals surface area (Å²) in [7, 11) is 0. The summed E-state index contributed by atoms with van der Waals surface area (Å²) in [6.45, 7) is 1.55. The van der Waals surface area contributed by atoms with Gasteiger partial charge in [-0.2, -0.15) is 0 Å². The second-order valence-corrected chi connectivity index (χ2v) is 3.66. The number of aliphatic hydroxyl groups is 1. The summed E-state index contributed by atoms with van der Waals surface area (Å²) < 4.78 is 0. The number of carboxylic acids is 1. The third-order valence-corrected chi connectivity index (χ3v) is 2.34. The third kappa shape index (κ3) is 1.73. The third-order valence-electron chi connectivity index (χ3n) is 2.04. The molecule has 2 heterocycles. The van der Waals surface area contributed by atoms with E-state index < -0.39 is 12.2 Å². The van der Waals surface area contributed by atoms with E-state index in [1.165, 1.54) is 22.3 Å². The molecule has 0 amide bonds. The average Bonchev–Trinajstić information content (AvgIpc) is 2.61. The Morgan fingerprint density at radius 3 is 2.94 bits per heavy atom. The Hall–Kier alpha value is -1.64. The molecule has 85 valence electrons. The number of hydrogen-bond donors (Lipinski definition) is 3. The smallest absolute Gasteiger partial charge is 0.354 e. The molecular formula is C8H9N4O3S. The van der Waals surface area contributed by atoms with Crippen LogP contribution in [0.25, 0.3) is 0 Å². The molecule has 0 aromatic carbocycles. The van der Waals surface area contributed by atoms with E-state index in [2.05, 4.69) is 10.5 Å². The topological polar surface area (TPSA) is 88.4 Å². The summed E-state index contributed by atoms with van der Waals surface area (Å²) in [5, 5.41) is 21.2. The first kappa shape index (κ1) is 10.9. The van der Waals surface area contributed by atoms with Crippen LogP contribution in [0.5, 0.6) is 0 Å². The fourth-order valence-corrected chi connectivity index (χ4v) is 1.50. The van der Waals surface area contributed by atoms with Crippen molar-refractivity contribution >= 4 is 24.3 Å². The van der Waals surface area contributed by atoms with Crippen LogP contribution < -0.4 is 5.53 Å². The minimum atomic E-state index is -1.14. The van der Waals surface area contributed by atoms with Crippen molar-refractivity contribution in [1.82, 2.24) is 15.6 Å².